The summed E-state index contributed by atoms with van der Waals surface area (Å²) in [6, 6.07) is 0. The Morgan fingerprint density at radius 2 is 1.78 bits per heavy atom. The van der Waals surface area contributed by atoms with E-state index in [1.54, 1.807) is 6.92 Å². The minimum absolute atomic E-state index is 0.252. The topological polar surface area (TPSA) is 44.8 Å². The highest BCUT2D eigenvalue weighted by Gasteiger charge is 2.49. The number of hydrogen-bond acceptors (Lipinski definition) is 4. The van der Waals surface area contributed by atoms with Crippen LogP contribution >= 0.6 is 0 Å². The fourth-order valence-electron chi connectivity index (χ4n) is 2.34. The third-order valence-corrected chi connectivity index (χ3v) is 4.72. The molecule has 0 N–H and O–H groups in total. The van der Waals surface area contributed by atoms with E-state index < -0.39 is 0 Å². The predicted octanol–water partition coefficient (Wildman–Crippen LogP) is 4.10. The minimum Gasteiger partial charge on any atom is -0.466 e. The van der Waals surface area contributed by atoms with Gasteiger partial charge in [0.25, 0.3) is 0 Å². The molecule has 0 radical (unpaired) electrons. The summed E-state index contributed by atoms with van der Waals surface area (Å²) in [7, 11) is 1.14. The molecule has 4 nitrogen and oxygen atoms in total. The number of methoxy groups -OCH3 is 1. The lowest BCUT2D eigenvalue weighted by Crippen LogP contribution is -2.41. The normalized spacial score (nSPS) is 21.7. The maximum atomic E-state index is 11.3. The zero-order valence-electron chi connectivity index (χ0n) is 15.6. The molecule has 1 fully saturated rings. The number of esters is 1. The second-order valence-corrected chi connectivity index (χ2v) is 7.35. The molecule has 1 saturated heterocycles. The molecule has 1 aliphatic heterocycles. The summed E-state index contributed by atoms with van der Waals surface area (Å²) in [5, 5.41) is 0. The van der Waals surface area contributed by atoms with Crippen molar-refractivity contribution in [2.24, 2.45) is 5.92 Å². The Bertz CT molecular complexity index is 450. The molecule has 5 heteroatoms. The largest absolute Gasteiger partial charge is 0.486 e. The number of hydrogen-bond donors (Lipinski definition) is 0. The van der Waals surface area contributed by atoms with E-state index in [9.17, 15) is 4.79 Å². The molecular weight excluding hydrogens is 291 g/mol. The lowest BCUT2D eigenvalue weighted by molar-refractivity contribution is -0.136. The second kappa shape index (κ2) is 8.16. The van der Waals surface area contributed by atoms with Crippen molar-refractivity contribution in [3.8, 4) is 0 Å². The minimum atomic E-state index is -0.288. The van der Waals surface area contributed by atoms with Crippen LogP contribution in [0.3, 0.4) is 0 Å². The molecule has 1 heterocycles. The number of allylic oxidation sites excluding steroid dienone is 2. The molecule has 0 amide bonds. The van der Waals surface area contributed by atoms with E-state index in [2.05, 4.69) is 45.4 Å². The molecule has 0 saturated carbocycles. The van der Waals surface area contributed by atoms with Gasteiger partial charge < -0.3 is 14.0 Å². The lowest BCUT2D eigenvalue weighted by atomic mass is 9.88. The molecule has 130 valence electrons. The van der Waals surface area contributed by atoms with Crippen LogP contribution in [0.4, 0.5) is 0 Å². The first-order valence-electron chi connectivity index (χ1n) is 8.36. The van der Waals surface area contributed by atoms with Crippen LogP contribution in [0, 0.1) is 5.92 Å². The Labute approximate surface area is 141 Å². The maximum Gasteiger partial charge on any atom is 0.486 e. The fourth-order valence-corrected chi connectivity index (χ4v) is 2.34. The van der Waals surface area contributed by atoms with E-state index in [1.165, 1.54) is 7.11 Å². The molecule has 1 atom stereocenters. The average molecular weight is 322 g/mol. The third-order valence-electron chi connectivity index (χ3n) is 4.72. The average Bonchev–Trinajstić information content (AvgIpc) is 2.65. The van der Waals surface area contributed by atoms with Crippen LogP contribution in [-0.2, 0) is 18.8 Å². The van der Waals surface area contributed by atoms with Crippen LogP contribution in [0.15, 0.2) is 23.7 Å². The molecule has 0 aliphatic carbocycles. The van der Waals surface area contributed by atoms with E-state index >= 15 is 0 Å². The second-order valence-electron chi connectivity index (χ2n) is 7.35. The molecule has 0 aromatic heterocycles. The van der Waals surface area contributed by atoms with E-state index in [1.807, 2.05) is 12.1 Å². The third kappa shape index (κ3) is 5.81. The van der Waals surface area contributed by atoms with E-state index in [0.29, 0.717) is 11.5 Å². The van der Waals surface area contributed by atoms with Gasteiger partial charge in [-0.05, 0) is 59.8 Å². The number of carbonyl (C=O) groups is 1. The molecule has 1 rings (SSSR count). The standard InChI is InChI=1S/C18H31BO4/c1-14(10-8-12-15(2)16(20)21-7)11-9-13-19-22-17(3,4)18(5,6)23-19/h9,12-14H,8,10-11H2,1-7H3/b13-9+,15-12+/t14-/m1/s1. The van der Waals surface area contributed by atoms with Crippen LogP contribution in [-0.4, -0.2) is 31.4 Å². The highest BCUT2D eigenvalue weighted by Crippen LogP contribution is 2.36. The zero-order chi connectivity index (χ0) is 17.7. The maximum absolute atomic E-state index is 11.3. The van der Waals surface area contributed by atoms with Crippen molar-refractivity contribution in [1.82, 2.24) is 0 Å². The molecule has 0 aromatic carbocycles. The first-order valence-corrected chi connectivity index (χ1v) is 8.36. The lowest BCUT2D eigenvalue weighted by Gasteiger charge is -2.32. The fraction of sp³-hybridized carbons (Fsp3) is 0.722. The Hall–Kier alpha value is -1.07. The zero-order valence-corrected chi connectivity index (χ0v) is 15.6. The van der Waals surface area contributed by atoms with Crippen molar-refractivity contribution in [3.63, 3.8) is 0 Å². The highest BCUT2D eigenvalue weighted by atomic mass is 16.7. The smallest absolute Gasteiger partial charge is 0.466 e. The van der Waals surface area contributed by atoms with Crippen LogP contribution < -0.4 is 0 Å². The Morgan fingerprint density at radius 3 is 2.30 bits per heavy atom. The Balaban J connectivity index is 2.34. The van der Waals surface area contributed by atoms with Crippen LogP contribution in [0.5, 0.6) is 0 Å². The number of ether oxygens (including phenoxy) is 1. The number of rotatable bonds is 7. The molecular formula is C18H31BO4. The van der Waals surface area contributed by atoms with Gasteiger partial charge in [0.15, 0.2) is 0 Å². The summed E-state index contributed by atoms with van der Waals surface area (Å²) >= 11 is 0. The van der Waals surface area contributed by atoms with Gasteiger partial charge in [0.1, 0.15) is 0 Å². The predicted molar refractivity (Wildman–Crippen MR) is 94.0 cm³/mol. The Morgan fingerprint density at radius 1 is 1.22 bits per heavy atom. The van der Waals surface area contributed by atoms with Crippen molar-refractivity contribution in [2.75, 3.05) is 7.11 Å². The van der Waals surface area contributed by atoms with Gasteiger partial charge in [-0.15, -0.1) is 0 Å². The van der Waals surface area contributed by atoms with Crippen LogP contribution in [0.2, 0.25) is 0 Å². The van der Waals surface area contributed by atoms with Crippen molar-refractivity contribution < 1.29 is 18.8 Å². The van der Waals surface area contributed by atoms with Gasteiger partial charge in [0.05, 0.1) is 18.3 Å². The van der Waals surface area contributed by atoms with Crippen LogP contribution in [0.1, 0.15) is 60.8 Å². The summed E-state index contributed by atoms with van der Waals surface area (Å²) < 4.78 is 16.5. The monoisotopic (exact) mass is 322 g/mol. The number of carbonyl (C=O) groups excluding carboxylic acids is 1. The molecule has 23 heavy (non-hydrogen) atoms. The summed E-state index contributed by atoms with van der Waals surface area (Å²) in [6.45, 7) is 12.2. The summed E-state index contributed by atoms with van der Waals surface area (Å²) in [5.41, 5.74) is 0.0978. The molecule has 0 aromatic rings. The van der Waals surface area contributed by atoms with Gasteiger partial charge in [-0.3, -0.25) is 0 Å². The molecule has 1 aliphatic rings. The van der Waals surface area contributed by atoms with Crippen molar-refractivity contribution >= 4 is 13.1 Å². The Kier molecular flexibility index (Phi) is 7.09. The van der Waals surface area contributed by atoms with Crippen LogP contribution in [0.25, 0.3) is 0 Å². The van der Waals surface area contributed by atoms with Gasteiger partial charge >= 0.3 is 13.1 Å². The van der Waals surface area contributed by atoms with Gasteiger partial charge in [0, 0.05) is 5.57 Å². The molecule has 0 bridgehead atoms. The van der Waals surface area contributed by atoms with Gasteiger partial charge in [-0.2, -0.15) is 0 Å². The van der Waals surface area contributed by atoms with Gasteiger partial charge in [-0.1, -0.05) is 25.1 Å². The van der Waals surface area contributed by atoms with Crippen molar-refractivity contribution in [3.05, 3.63) is 23.7 Å². The van der Waals surface area contributed by atoms with Crippen molar-refractivity contribution in [2.45, 2.75) is 72.0 Å². The SMILES string of the molecule is COC(=O)/C(C)=C/CC[C@@H](C)C/C=C/B1OC(C)(C)C(C)(C)O1. The van der Waals surface area contributed by atoms with E-state index in [0.717, 1.165) is 19.3 Å². The van der Waals surface area contributed by atoms with E-state index in [4.69, 9.17) is 9.31 Å². The summed E-state index contributed by atoms with van der Waals surface area (Å²) in [6.07, 6.45) is 6.95. The van der Waals surface area contributed by atoms with E-state index in [-0.39, 0.29) is 24.3 Å². The summed E-state index contributed by atoms with van der Waals surface area (Å²) in [5.74, 6) is 2.29. The van der Waals surface area contributed by atoms with Crippen molar-refractivity contribution in [1.29, 1.82) is 0 Å². The first kappa shape index (κ1) is 20.0. The van der Waals surface area contributed by atoms with Gasteiger partial charge in [0.2, 0.25) is 0 Å². The summed E-state index contributed by atoms with van der Waals surface area (Å²) in [4.78, 5) is 11.3. The molecule has 0 unspecified atom stereocenters. The molecule has 0 spiro atoms. The quantitative estimate of drug-likeness (QED) is 0.402. The van der Waals surface area contributed by atoms with Gasteiger partial charge in [-0.25, -0.2) is 4.79 Å². The first-order chi connectivity index (χ1) is 10.6. The highest BCUT2D eigenvalue weighted by molar-refractivity contribution is 6.51.